The predicted molar refractivity (Wildman–Crippen MR) is 280 cm³/mol. The molecule has 0 saturated heterocycles. The summed E-state index contributed by atoms with van der Waals surface area (Å²) in [6, 6.07) is 82.1. The standard InChI is InChI=1S/C62H43BN2S/c1-39(2)40-32-35-44(36-33-40)65-55-31-17-30-54-58(55)63(53-37-34-42(38-56(53)64(54)43-20-7-4-8-21-43)46-23-10-9-22-45(46)41-18-5-3-6-19-41)61-59(65)57-49-26-13-16-29-52(49)62(60(57)66-61)50-27-14-11-24-47(50)48-25-12-15-28-51(48)62/h3-39H,1-2H3. The summed E-state index contributed by atoms with van der Waals surface area (Å²) in [5.41, 5.74) is 25.3. The molecule has 66 heavy (non-hydrogen) atoms. The van der Waals surface area contributed by atoms with Crippen molar-refractivity contribution in [2.24, 2.45) is 0 Å². The molecule has 0 radical (unpaired) electrons. The molecule has 0 bridgehead atoms. The third-order valence-corrected chi connectivity index (χ3v) is 16.2. The number of thiophene rings is 1. The average Bonchev–Trinajstić information content (AvgIpc) is 4.01. The van der Waals surface area contributed by atoms with Crippen LogP contribution < -0.4 is 25.5 Å². The fraction of sp³-hybridized carbons (Fsp3) is 0.0645. The van der Waals surface area contributed by atoms with Crippen molar-refractivity contribution in [1.82, 2.24) is 0 Å². The number of rotatable bonds is 5. The number of hydrogen-bond acceptors (Lipinski definition) is 3. The molecule has 1 spiro atoms. The second-order valence-corrected chi connectivity index (χ2v) is 19.5. The summed E-state index contributed by atoms with van der Waals surface area (Å²) in [6.45, 7) is 4.57. The topological polar surface area (TPSA) is 6.48 Å². The van der Waals surface area contributed by atoms with Gasteiger partial charge in [0, 0.05) is 43.7 Å². The normalized spacial score (nSPS) is 14.1. The van der Waals surface area contributed by atoms with Crippen molar-refractivity contribution in [2.75, 3.05) is 9.80 Å². The summed E-state index contributed by atoms with van der Waals surface area (Å²) in [5.74, 6) is 0.435. The molecule has 9 aromatic carbocycles. The fourth-order valence-electron chi connectivity index (χ4n) is 12.1. The van der Waals surface area contributed by atoms with Gasteiger partial charge in [0.25, 0.3) is 6.71 Å². The van der Waals surface area contributed by atoms with E-state index in [2.05, 4.69) is 253 Å². The van der Waals surface area contributed by atoms with Crippen LogP contribution in [0.15, 0.2) is 218 Å². The number of fused-ring (bicyclic) bond motifs is 15. The van der Waals surface area contributed by atoms with Gasteiger partial charge >= 0.3 is 0 Å². The Bertz CT molecular complexity index is 3540. The highest BCUT2D eigenvalue weighted by atomic mass is 32.1. The van der Waals surface area contributed by atoms with Gasteiger partial charge in [-0.25, -0.2) is 0 Å². The van der Waals surface area contributed by atoms with E-state index in [1.165, 1.54) is 116 Å². The molecular weight excluding hydrogens is 816 g/mol. The number of benzene rings is 9. The zero-order valence-electron chi connectivity index (χ0n) is 36.7. The van der Waals surface area contributed by atoms with Crippen molar-refractivity contribution >= 4 is 67.9 Å². The lowest BCUT2D eigenvalue weighted by Gasteiger charge is -2.43. The SMILES string of the molecule is CC(C)c1ccc(N2c3cccc4c3B(c3ccc(-c5ccccc5-c5ccccc5)cc3N4c3ccccc3)c3sc4c(c32)-c2ccccc2C42c3ccccc3-c3ccccc32)cc1. The summed E-state index contributed by atoms with van der Waals surface area (Å²) in [5, 5.41) is 0. The largest absolute Gasteiger partial charge is 0.311 e. The number of anilines is 6. The highest BCUT2D eigenvalue weighted by Gasteiger charge is 2.56. The van der Waals surface area contributed by atoms with Crippen LogP contribution in [0.1, 0.15) is 46.9 Å². The Labute approximate surface area is 390 Å². The zero-order valence-corrected chi connectivity index (χ0v) is 37.6. The summed E-state index contributed by atoms with van der Waals surface area (Å²) in [6.07, 6.45) is 0. The lowest BCUT2D eigenvalue weighted by molar-refractivity contribution is 0.811. The second kappa shape index (κ2) is 14.2. The minimum Gasteiger partial charge on any atom is -0.311 e. The van der Waals surface area contributed by atoms with E-state index >= 15 is 0 Å². The molecule has 10 aromatic rings. The molecule has 310 valence electrons. The maximum atomic E-state index is 2.63. The summed E-state index contributed by atoms with van der Waals surface area (Å²) in [7, 11) is 0. The first kappa shape index (κ1) is 37.7. The van der Waals surface area contributed by atoms with Crippen LogP contribution in [-0.2, 0) is 5.41 Å². The smallest absolute Gasteiger partial charge is 0.264 e. The van der Waals surface area contributed by atoms with E-state index in [-0.39, 0.29) is 6.71 Å². The Morgan fingerprint density at radius 3 is 1.62 bits per heavy atom. The summed E-state index contributed by atoms with van der Waals surface area (Å²) >= 11 is 2.05. The van der Waals surface area contributed by atoms with Gasteiger partial charge in [0.15, 0.2) is 0 Å². The molecule has 0 unspecified atom stereocenters. The minimum atomic E-state index is -0.443. The predicted octanol–water partition coefficient (Wildman–Crippen LogP) is 14.6. The van der Waals surface area contributed by atoms with Crippen molar-refractivity contribution in [3.63, 3.8) is 0 Å². The molecule has 2 nitrogen and oxygen atoms in total. The first-order valence-electron chi connectivity index (χ1n) is 23.2. The van der Waals surface area contributed by atoms with Gasteiger partial charge in [0.05, 0.1) is 11.1 Å². The average molecular weight is 859 g/mol. The molecule has 2 aliphatic heterocycles. The highest BCUT2D eigenvalue weighted by Crippen LogP contribution is 2.67. The van der Waals surface area contributed by atoms with Crippen LogP contribution in [0, 0.1) is 0 Å². The van der Waals surface area contributed by atoms with Crippen molar-refractivity contribution in [1.29, 1.82) is 0 Å². The third-order valence-electron chi connectivity index (χ3n) is 14.9. The quantitative estimate of drug-likeness (QED) is 0.159. The molecule has 14 rings (SSSR count). The van der Waals surface area contributed by atoms with Crippen LogP contribution in [0.5, 0.6) is 0 Å². The summed E-state index contributed by atoms with van der Waals surface area (Å²) in [4.78, 5) is 6.58. The van der Waals surface area contributed by atoms with E-state index in [1.54, 1.807) is 0 Å². The Morgan fingerprint density at radius 2 is 0.970 bits per heavy atom. The molecule has 4 heteroatoms. The first-order chi connectivity index (χ1) is 32.6. The van der Waals surface area contributed by atoms with E-state index in [1.807, 2.05) is 0 Å². The molecule has 0 amide bonds. The Kier molecular flexibility index (Phi) is 8.09. The number of para-hydroxylation sites is 1. The lowest BCUT2D eigenvalue weighted by Crippen LogP contribution is -2.60. The first-order valence-corrected chi connectivity index (χ1v) is 24.1. The molecule has 4 aliphatic rings. The molecule has 0 saturated carbocycles. The van der Waals surface area contributed by atoms with Crippen LogP contribution in [0.2, 0.25) is 0 Å². The Morgan fingerprint density at radius 1 is 0.439 bits per heavy atom. The molecule has 0 atom stereocenters. The highest BCUT2D eigenvalue weighted by molar-refractivity contribution is 7.30. The van der Waals surface area contributed by atoms with Crippen molar-refractivity contribution in [3.05, 3.63) is 246 Å². The molecule has 0 fully saturated rings. The zero-order chi connectivity index (χ0) is 43.7. The van der Waals surface area contributed by atoms with Gasteiger partial charge in [-0.05, 0) is 121 Å². The molecule has 3 heterocycles. The van der Waals surface area contributed by atoms with Gasteiger partial charge in [-0.15, -0.1) is 11.3 Å². The Balaban J connectivity index is 1.09. The third kappa shape index (κ3) is 5.02. The molecular formula is C62H43BN2S. The Hall–Kier alpha value is -7.66. The van der Waals surface area contributed by atoms with Crippen LogP contribution in [0.4, 0.5) is 34.1 Å². The van der Waals surface area contributed by atoms with Gasteiger partial charge in [-0.3, -0.25) is 0 Å². The van der Waals surface area contributed by atoms with Gasteiger partial charge < -0.3 is 9.80 Å². The second-order valence-electron chi connectivity index (χ2n) is 18.5. The maximum absolute atomic E-state index is 2.63. The maximum Gasteiger partial charge on any atom is 0.264 e. The molecule has 2 aliphatic carbocycles. The van der Waals surface area contributed by atoms with E-state index in [0.29, 0.717) is 5.92 Å². The van der Waals surface area contributed by atoms with Gasteiger partial charge in [-0.1, -0.05) is 190 Å². The van der Waals surface area contributed by atoms with Crippen LogP contribution in [-0.4, -0.2) is 6.71 Å². The van der Waals surface area contributed by atoms with Gasteiger partial charge in [0.1, 0.15) is 0 Å². The molecule has 1 aromatic heterocycles. The van der Waals surface area contributed by atoms with Gasteiger partial charge in [0.2, 0.25) is 0 Å². The lowest BCUT2D eigenvalue weighted by atomic mass is 9.36. The van der Waals surface area contributed by atoms with E-state index in [9.17, 15) is 0 Å². The summed E-state index contributed by atoms with van der Waals surface area (Å²) < 4.78 is 1.40. The van der Waals surface area contributed by atoms with Gasteiger partial charge in [-0.2, -0.15) is 0 Å². The van der Waals surface area contributed by atoms with Crippen molar-refractivity contribution < 1.29 is 0 Å². The van der Waals surface area contributed by atoms with E-state index < -0.39 is 5.41 Å². The number of hydrogen-bond donors (Lipinski definition) is 0. The van der Waals surface area contributed by atoms with Crippen LogP contribution >= 0.6 is 11.3 Å². The minimum absolute atomic E-state index is 0.00234. The van der Waals surface area contributed by atoms with E-state index in [0.717, 1.165) is 5.69 Å². The fourth-order valence-corrected chi connectivity index (χ4v) is 13.7. The number of nitrogens with zero attached hydrogens (tertiary/aromatic N) is 2. The van der Waals surface area contributed by atoms with Crippen molar-refractivity contribution in [3.8, 4) is 44.5 Å². The van der Waals surface area contributed by atoms with Crippen LogP contribution in [0.3, 0.4) is 0 Å². The molecule has 0 N–H and O–H groups in total. The van der Waals surface area contributed by atoms with Crippen molar-refractivity contribution in [2.45, 2.75) is 25.2 Å². The van der Waals surface area contributed by atoms with Crippen LogP contribution in [0.25, 0.3) is 44.5 Å². The monoisotopic (exact) mass is 858 g/mol. The van der Waals surface area contributed by atoms with E-state index in [4.69, 9.17) is 0 Å².